The molecule has 0 aromatic carbocycles. The Labute approximate surface area is 101 Å². The fourth-order valence-corrected chi connectivity index (χ4v) is 1.59. The normalized spacial score (nSPS) is 12.4. The molecule has 1 rings (SSSR count). The molecule has 1 aromatic rings. The zero-order valence-electron chi connectivity index (χ0n) is 10.3. The summed E-state index contributed by atoms with van der Waals surface area (Å²) in [6, 6.07) is 0.0120. The van der Waals surface area contributed by atoms with Crippen LogP contribution in [-0.4, -0.2) is 35.9 Å². The molecule has 96 valence electrons. The first-order valence-corrected chi connectivity index (χ1v) is 5.73. The fourth-order valence-electron chi connectivity index (χ4n) is 1.59. The van der Waals surface area contributed by atoms with E-state index in [4.69, 9.17) is 10.5 Å². The Morgan fingerprint density at radius 2 is 2.41 bits per heavy atom. The first kappa shape index (κ1) is 13.7. The smallest absolute Gasteiger partial charge is 0.293 e. The van der Waals surface area contributed by atoms with Gasteiger partial charge in [-0.25, -0.2) is 4.98 Å². The number of ether oxygens (including phenoxy) is 1. The van der Waals surface area contributed by atoms with Gasteiger partial charge in [-0.2, -0.15) is 0 Å². The Hall–Kier alpha value is -1.40. The summed E-state index contributed by atoms with van der Waals surface area (Å²) < 4.78 is 6.67. The van der Waals surface area contributed by atoms with Gasteiger partial charge in [0, 0.05) is 26.0 Å². The van der Waals surface area contributed by atoms with Crippen LogP contribution in [0.25, 0.3) is 0 Å². The number of nitrogens with one attached hydrogen (secondary N) is 1. The SMILES string of the molecule is CCn1ccnc(NC(CCN)COC)c1=O. The average molecular weight is 240 g/mol. The number of rotatable bonds is 7. The van der Waals surface area contributed by atoms with Crippen molar-refractivity contribution >= 4 is 5.82 Å². The fraction of sp³-hybridized carbons (Fsp3) is 0.636. The molecular weight excluding hydrogens is 220 g/mol. The molecule has 0 saturated heterocycles. The molecule has 0 radical (unpaired) electrons. The maximum atomic E-state index is 11.9. The van der Waals surface area contributed by atoms with Crippen molar-refractivity contribution in [3.63, 3.8) is 0 Å². The van der Waals surface area contributed by atoms with E-state index in [1.165, 1.54) is 0 Å². The van der Waals surface area contributed by atoms with Gasteiger partial charge >= 0.3 is 0 Å². The Kier molecular flexibility index (Phi) is 5.65. The maximum Gasteiger partial charge on any atom is 0.293 e. The topological polar surface area (TPSA) is 82.2 Å². The molecule has 1 heterocycles. The van der Waals surface area contributed by atoms with Gasteiger partial charge in [0.05, 0.1) is 12.6 Å². The standard InChI is InChI=1S/C11H20N4O2/c1-3-15-7-6-13-10(11(15)16)14-9(4-5-12)8-17-2/h6-7,9H,3-5,8,12H2,1-2H3,(H,13,14). The van der Waals surface area contributed by atoms with Gasteiger partial charge in [0.15, 0.2) is 5.82 Å². The second-order valence-corrected chi connectivity index (χ2v) is 3.74. The highest BCUT2D eigenvalue weighted by Gasteiger charge is 2.11. The van der Waals surface area contributed by atoms with Crippen LogP contribution in [0.2, 0.25) is 0 Å². The first-order valence-electron chi connectivity index (χ1n) is 5.73. The van der Waals surface area contributed by atoms with Crippen LogP contribution in [0.5, 0.6) is 0 Å². The molecule has 3 N–H and O–H groups in total. The summed E-state index contributed by atoms with van der Waals surface area (Å²) >= 11 is 0. The minimum absolute atomic E-state index is 0.0120. The van der Waals surface area contributed by atoms with Crippen LogP contribution in [0.3, 0.4) is 0 Å². The number of nitrogens with zero attached hydrogens (tertiary/aromatic N) is 2. The molecule has 0 saturated carbocycles. The van der Waals surface area contributed by atoms with E-state index < -0.39 is 0 Å². The third-order valence-electron chi connectivity index (χ3n) is 2.48. The Morgan fingerprint density at radius 1 is 1.65 bits per heavy atom. The molecule has 1 atom stereocenters. The van der Waals surface area contributed by atoms with Gasteiger partial charge in [-0.3, -0.25) is 4.79 Å². The zero-order chi connectivity index (χ0) is 12.7. The van der Waals surface area contributed by atoms with Crippen LogP contribution in [0.1, 0.15) is 13.3 Å². The number of hydrogen-bond acceptors (Lipinski definition) is 5. The lowest BCUT2D eigenvalue weighted by Crippen LogP contribution is -2.33. The molecule has 0 fully saturated rings. The molecule has 1 aromatic heterocycles. The predicted molar refractivity (Wildman–Crippen MR) is 67.1 cm³/mol. The van der Waals surface area contributed by atoms with E-state index in [0.29, 0.717) is 25.5 Å². The first-order chi connectivity index (χ1) is 8.22. The molecule has 0 amide bonds. The second kappa shape index (κ2) is 7.03. The van der Waals surface area contributed by atoms with Crippen molar-refractivity contribution in [2.45, 2.75) is 25.9 Å². The molecule has 0 aliphatic heterocycles. The molecule has 0 spiro atoms. The van der Waals surface area contributed by atoms with Crippen LogP contribution in [0, 0.1) is 0 Å². The quantitative estimate of drug-likeness (QED) is 0.703. The summed E-state index contributed by atoms with van der Waals surface area (Å²) in [5.74, 6) is 0.352. The largest absolute Gasteiger partial charge is 0.383 e. The van der Waals surface area contributed by atoms with Crippen LogP contribution in [0.4, 0.5) is 5.82 Å². The van der Waals surface area contributed by atoms with Crippen LogP contribution < -0.4 is 16.6 Å². The van der Waals surface area contributed by atoms with Crippen molar-refractivity contribution in [3.05, 3.63) is 22.7 Å². The van der Waals surface area contributed by atoms with Gasteiger partial charge in [-0.15, -0.1) is 0 Å². The molecular formula is C11H20N4O2. The molecule has 0 aliphatic rings. The molecule has 6 nitrogen and oxygen atoms in total. The lowest BCUT2D eigenvalue weighted by Gasteiger charge is -2.17. The van der Waals surface area contributed by atoms with Gasteiger partial charge in [0.2, 0.25) is 0 Å². The summed E-state index contributed by atoms with van der Waals surface area (Å²) in [5, 5.41) is 3.07. The minimum Gasteiger partial charge on any atom is -0.383 e. The molecule has 17 heavy (non-hydrogen) atoms. The lowest BCUT2D eigenvalue weighted by molar-refractivity contribution is 0.183. The zero-order valence-corrected chi connectivity index (χ0v) is 10.3. The lowest BCUT2D eigenvalue weighted by atomic mass is 10.2. The van der Waals surface area contributed by atoms with E-state index in [9.17, 15) is 4.79 Å². The highest BCUT2D eigenvalue weighted by atomic mass is 16.5. The van der Waals surface area contributed by atoms with E-state index in [0.717, 1.165) is 6.42 Å². The van der Waals surface area contributed by atoms with Crippen LogP contribution >= 0.6 is 0 Å². The summed E-state index contributed by atoms with van der Waals surface area (Å²) in [5.41, 5.74) is 5.39. The Morgan fingerprint density at radius 3 is 3.00 bits per heavy atom. The van der Waals surface area contributed by atoms with E-state index in [1.807, 2.05) is 6.92 Å². The number of anilines is 1. The van der Waals surface area contributed by atoms with E-state index in [2.05, 4.69) is 10.3 Å². The number of methoxy groups -OCH3 is 1. The Balaban J connectivity index is 2.81. The minimum atomic E-state index is -0.117. The van der Waals surface area contributed by atoms with Crippen LogP contribution in [0.15, 0.2) is 17.2 Å². The summed E-state index contributed by atoms with van der Waals surface area (Å²) in [6.07, 6.45) is 4.01. The molecule has 1 unspecified atom stereocenters. The molecule has 0 aliphatic carbocycles. The van der Waals surface area contributed by atoms with Gasteiger partial charge in [-0.05, 0) is 19.9 Å². The van der Waals surface area contributed by atoms with Crippen molar-refractivity contribution in [1.82, 2.24) is 9.55 Å². The van der Waals surface area contributed by atoms with Gasteiger partial charge in [-0.1, -0.05) is 0 Å². The average Bonchev–Trinajstić information content (AvgIpc) is 2.32. The number of hydrogen-bond donors (Lipinski definition) is 2. The van der Waals surface area contributed by atoms with Crippen molar-refractivity contribution in [3.8, 4) is 0 Å². The third-order valence-corrected chi connectivity index (χ3v) is 2.48. The number of aryl methyl sites for hydroxylation is 1. The van der Waals surface area contributed by atoms with E-state index >= 15 is 0 Å². The highest BCUT2D eigenvalue weighted by Crippen LogP contribution is 2.01. The Bertz CT molecular complexity index is 385. The van der Waals surface area contributed by atoms with Crippen molar-refractivity contribution < 1.29 is 4.74 Å². The van der Waals surface area contributed by atoms with Gasteiger partial charge in [0.1, 0.15) is 0 Å². The van der Waals surface area contributed by atoms with Crippen molar-refractivity contribution in [2.24, 2.45) is 5.73 Å². The summed E-state index contributed by atoms with van der Waals surface area (Å²) in [7, 11) is 1.62. The van der Waals surface area contributed by atoms with E-state index in [1.54, 1.807) is 24.1 Å². The summed E-state index contributed by atoms with van der Waals surface area (Å²) in [4.78, 5) is 16.0. The predicted octanol–water partition coefficient (Wildman–Crippen LogP) is 0.0389. The van der Waals surface area contributed by atoms with Gasteiger partial charge < -0.3 is 20.4 Å². The highest BCUT2D eigenvalue weighted by molar-refractivity contribution is 5.32. The summed E-state index contributed by atoms with van der Waals surface area (Å²) in [6.45, 7) is 3.58. The molecule has 0 bridgehead atoms. The number of aromatic nitrogens is 2. The molecule has 6 heteroatoms. The van der Waals surface area contributed by atoms with Gasteiger partial charge in [0.25, 0.3) is 5.56 Å². The van der Waals surface area contributed by atoms with E-state index in [-0.39, 0.29) is 11.6 Å². The monoisotopic (exact) mass is 240 g/mol. The maximum absolute atomic E-state index is 11.9. The van der Waals surface area contributed by atoms with Crippen molar-refractivity contribution in [1.29, 1.82) is 0 Å². The number of nitrogens with two attached hydrogens (primary N) is 1. The van der Waals surface area contributed by atoms with Crippen LogP contribution in [-0.2, 0) is 11.3 Å². The second-order valence-electron chi connectivity index (χ2n) is 3.74. The third kappa shape index (κ3) is 3.83. The van der Waals surface area contributed by atoms with Crippen molar-refractivity contribution in [2.75, 3.05) is 25.6 Å².